The van der Waals surface area contributed by atoms with Gasteiger partial charge in [0.25, 0.3) is 5.89 Å². The van der Waals surface area contributed by atoms with Crippen molar-refractivity contribution >= 4 is 21.0 Å². The molecule has 0 radical (unpaired) electrons. The molecule has 2 aromatic heterocycles. The molecule has 6 rings (SSSR count). The molecule has 0 saturated heterocycles. The zero-order valence-electron chi connectivity index (χ0n) is 21.5. The Morgan fingerprint density at radius 1 is 0.610 bits per heavy atom. The minimum Gasteiger partial charge on any atom is -0.607 e. The summed E-state index contributed by atoms with van der Waals surface area (Å²) >= 11 is -1.46. The molecule has 41 heavy (non-hydrogen) atoms. The van der Waals surface area contributed by atoms with Gasteiger partial charge in [0, 0.05) is 16.7 Å². The highest BCUT2D eigenvalue weighted by molar-refractivity contribution is 7.90. The Bertz CT molecular complexity index is 1870. The summed E-state index contributed by atoms with van der Waals surface area (Å²) in [5.41, 5.74) is 4.50. The van der Waals surface area contributed by atoms with Crippen molar-refractivity contribution in [1.82, 2.24) is 20.4 Å². The minimum atomic E-state index is -3.86. The van der Waals surface area contributed by atoms with Crippen LogP contribution < -0.4 is 0 Å². The van der Waals surface area contributed by atoms with E-state index >= 15 is 0 Å². The SMILES string of the molecule is O=S(=O)(Cc1cccc(-c2ccc(-c3nnc([S@@+]([O-])Cc4ccccc4)o3)cc2)c1)c1nnc(-c2ccccc2)o1. The molecule has 11 heteroatoms. The van der Waals surface area contributed by atoms with Gasteiger partial charge in [-0.1, -0.05) is 95.1 Å². The number of nitrogens with zero attached hydrogens (tertiary/aromatic N) is 4. The van der Waals surface area contributed by atoms with Gasteiger partial charge in [-0.3, -0.25) is 0 Å². The number of benzene rings is 4. The second kappa shape index (κ2) is 11.5. The summed E-state index contributed by atoms with van der Waals surface area (Å²) in [6, 6.07) is 33.1. The van der Waals surface area contributed by atoms with E-state index in [1.807, 2.05) is 66.7 Å². The molecule has 204 valence electrons. The van der Waals surface area contributed by atoms with Gasteiger partial charge in [-0.05, 0) is 41.0 Å². The highest BCUT2D eigenvalue weighted by Gasteiger charge is 2.24. The predicted octanol–water partition coefficient (Wildman–Crippen LogP) is 5.74. The highest BCUT2D eigenvalue weighted by Crippen LogP contribution is 2.28. The molecular formula is C30H22N4O5S2. The first-order valence-corrected chi connectivity index (χ1v) is 15.5. The molecule has 9 nitrogen and oxygen atoms in total. The summed E-state index contributed by atoms with van der Waals surface area (Å²) in [7, 11) is -3.86. The van der Waals surface area contributed by atoms with Crippen molar-refractivity contribution in [3.63, 3.8) is 0 Å². The smallest absolute Gasteiger partial charge is 0.436 e. The van der Waals surface area contributed by atoms with E-state index in [2.05, 4.69) is 20.4 Å². The largest absolute Gasteiger partial charge is 0.607 e. The van der Waals surface area contributed by atoms with Crippen molar-refractivity contribution in [2.45, 2.75) is 22.0 Å². The Morgan fingerprint density at radius 2 is 1.20 bits per heavy atom. The van der Waals surface area contributed by atoms with Crippen LogP contribution in [0.5, 0.6) is 0 Å². The van der Waals surface area contributed by atoms with Crippen LogP contribution in [0.25, 0.3) is 34.0 Å². The van der Waals surface area contributed by atoms with E-state index in [-0.39, 0.29) is 28.5 Å². The lowest BCUT2D eigenvalue weighted by atomic mass is 10.0. The number of rotatable bonds is 9. The molecule has 0 unspecified atom stereocenters. The quantitative estimate of drug-likeness (QED) is 0.196. The second-order valence-corrected chi connectivity index (χ2v) is 12.3. The summed E-state index contributed by atoms with van der Waals surface area (Å²) in [6.45, 7) is 0. The van der Waals surface area contributed by atoms with Crippen LogP contribution >= 0.6 is 0 Å². The van der Waals surface area contributed by atoms with Crippen LogP contribution in [0.2, 0.25) is 0 Å². The fraction of sp³-hybridized carbons (Fsp3) is 0.0667. The van der Waals surface area contributed by atoms with Gasteiger partial charge >= 0.3 is 10.4 Å². The fourth-order valence-corrected chi connectivity index (χ4v) is 6.20. The first kappa shape index (κ1) is 26.6. The molecule has 0 amide bonds. The third-order valence-electron chi connectivity index (χ3n) is 6.18. The Kier molecular flexibility index (Phi) is 7.47. The van der Waals surface area contributed by atoms with Gasteiger partial charge in [-0.25, -0.2) is 8.42 Å². The number of sulfone groups is 1. The third kappa shape index (κ3) is 6.12. The molecule has 0 N–H and O–H groups in total. The van der Waals surface area contributed by atoms with E-state index in [0.717, 1.165) is 16.7 Å². The summed E-state index contributed by atoms with van der Waals surface area (Å²) < 4.78 is 49.8. The van der Waals surface area contributed by atoms with Crippen LogP contribution in [0.3, 0.4) is 0 Å². The first-order chi connectivity index (χ1) is 19.9. The Hall–Kier alpha value is -4.58. The molecule has 0 saturated carbocycles. The number of hydrogen-bond acceptors (Lipinski definition) is 9. The lowest BCUT2D eigenvalue weighted by Crippen LogP contribution is -2.05. The van der Waals surface area contributed by atoms with Gasteiger partial charge in [-0.2, -0.15) is 0 Å². The maximum atomic E-state index is 13.0. The average molecular weight is 583 g/mol. The van der Waals surface area contributed by atoms with Crippen molar-refractivity contribution < 1.29 is 21.8 Å². The Balaban J connectivity index is 1.15. The van der Waals surface area contributed by atoms with E-state index in [4.69, 9.17) is 8.83 Å². The van der Waals surface area contributed by atoms with Crippen molar-refractivity contribution in [3.05, 3.63) is 120 Å². The minimum absolute atomic E-state index is 0.0685. The highest BCUT2D eigenvalue weighted by atomic mass is 32.2. The van der Waals surface area contributed by atoms with E-state index in [1.54, 1.807) is 42.5 Å². The van der Waals surface area contributed by atoms with E-state index in [9.17, 15) is 13.0 Å². The lowest BCUT2D eigenvalue weighted by Gasteiger charge is -2.06. The summed E-state index contributed by atoms with van der Waals surface area (Å²) in [5, 5.41) is 15.3. The molecule has 6 aromatic rings. The monoisotopic (exact) mass is 582 g/mol. The normalized spacial score (nSPS) is 12.3. The van der Waals surface area contributed by atoms with Gasteiger partial charge in [0.2, 0.25) is 15.7 Å². The molecule has 0 aliphatic rings. The van der Waals surface area contributed by atoms with Crippen LogP contribution in [-0.2, 0) is 32.5 Å². The Labute approximate surface area is 239 Å². The molecule has 0 aliphatic carbocycles. The van der Waals surface area contributed by atoms with Gasteiger partial charge in [-0.15, -0.1) is 10.2 Å². The molecule has 2 heterocycles. The fourth-order valence-electron chi connectivity index (χ4n) is 4.17. The van der Waals surface area contributed by atoms with Crippen molar-refractivity contribution in [1.29, 1.82) is 0 Å². The van der Waals surface area contributed by atoms with Crippen LogP contribution in [0.1, 0.15) is 11.1 Å². The topological polar surface area (TPSA) is 135 Å². The van der Waals surface area contributed by atoms with Gasteiger partial charge in [0.05, 0.1) is 16.9 Å². The molecular weight excluding hydrogens is 560 g/mol. The molecule has 1 atom stereocenters. The zero-order chi connectivity index (χ0) is 28.2. The maximum absolute atomic E-state index is 13.0. The molecule has 0 spiro atoms. The summed E-state index contributed by atoms with van der Waals surface area (Å²) in [6.07, 6.45) is 0. The third-order valence-corrected chi connectivity index (χ3v) is 8.74. The second-order valence-electron chi connectivity index (χ2n) is 9.12. The Morgan fingerprint density at radius 3 is 1.95 bits per heavy atom. The predicted molar refractivity (Wildman–Crippen MR) is 152 cm³/mol. The maximum Gasteiger partial charge on any atom is 0.436 e. The zero-order valence-corrected chi connectivity index (χ0v) is 23.1. The standard InChI is InChI=1S/C30H22N4O5S2/c35-40(19-21-8-3-1-4-9-21)29-33-31-27(38-29)25-16-14-23(15-17-25)26-13-7-10-22(18-26)20-41(36,37)30-34-32-28(39-30)24-11-5-2-6-12-24/h1-18H,19-20H2/t40-/m0/s1. The van der Waals surface area contributed by atoms with Gasteiger partial charge in [0.15, 0.2) is 0 Å². The van der Waals surface area contributed by atoms with E-state index in [1.165, 1.54) is 0 Å². The van der Waals surface area contributed by atoms with Crippen LogP contribution in [0.4, 0.5) is 0 Å². The van der Waals surface area contributed by atoms with E-state index in [0.29, 0.717) is 16.7 Å². The van der Waals surface area contributed by atoms with Gasteiger partial charge in [0.1, 0.15) is 5.75 Å². The summed E-state index contributed by atoms with van der Waals surface area (Å²) in [5.74, 6) is 0.407. The van der Waals surface area contributed by atoms with E-state index < -0.39 is 26.2 Å². The molecule has 4 aromatic carbocycles. The average Bonchev–Trinajstić information content (AvgIpc) is 3.70. The molecule has 0 fully saturated rings. The van der Waals surface area contributed by atoms with Crippen molar-refractivity contribution in [3.8, 4) is 34.0 Å². The van der Waals surface area contributed by atoms with Crippen molar-refractivity contribution in [2.75, 3.05) is 0 Å². The first-order valence-electron chi connectivity index (χ1n) is 12.5. The van der Waals surface area contributed by atoms with Crippen molar-refractivity contribution in [2.24, 2.45) is 0 Å². The molecule has 0 aliphatic heterocycles. The summed E-state index contributed by atoms with van der Waals surface area (Å²) in [4.78, 5) is 0. The van der Waals surface area contributed by atoms with Gasteiger partial charge < -0.3 is 13.4 Å². The van der Waals surface area contributed by atoms with Crippen LogP contribution in [0, 0.1) is 0 Å². The number of aromatic nitrogens is 4. The lowest BCUT2D eigenvalue weighted by molar-refractivity contribution is 0.439. The number of hydrogen-bond donors (Lipinski definition) is 0. The molecule has 0 bridgehead atoms. The van der Waals surface area contributed by atoms with Crippen LogP contribution in [0.15, 0.2) is 128 Å². The van der Waals surface area contributed by atoms with Crippen LogP contribution in [-0.4, -0.2) is 33.4 Å².